The van der Waals surface area contributed by atoms with Gasteiger partial charge in [-0.1, -0.05) is 17.7 Å². The fourth-order valence-corrected chi connectivity index (χ4v) is 2.38. The Morgan fingerprint density at radius 2 is 1.74 bits per heavy atom. The van der Waals surface area contributed by atoms with Gasteiger partial charge in [0.15, 0.2) is 0 Å². The van der Waals surface area contributed by atoms with Crippen LogP contribution in [0, 0.1) is 13.8 Å². The lowest BCUT2D eigenvalue weighted by atomic mass is 9.97. The van der Waals surface area contributed by atoms with Crippen LogP contribution in [-0.4, -0.2) is 24.0 Å². The molecular weight excluding hydrogens is 292 g/mol. The number of rotatable bonds is 5. The molecular formula is C18H20N2O3. The molecule has 0 aliphatic rings. The Balaban J connectivity index is 2.31. The number of amides is 1. The summed E-state index contributed by atoms with van der Waals surface area (Å²) in [6, 6.07) is 11.0. The van der Waals surface area contributed by atoms with Gasteiger partial charge in [-0.3, -0.25) is 4.79 Å². The average Bonchev–Trinajstić information content (AvgIpc) is 2.53. The molecule has 1 amide bonds. The molecule has 0 unspecified atom stereocenters. The van der Waals surface area contributed by atoms with Crippen LogP contribution in [0.25, 0.3) is 0 Å². The van der Waals surface area contributed by atoms with Crippen LogP contribution in [0.1, 0.15) is 37.4 Å². The van der Waals surface area contributed by atoms with E-state index < -0.39 is 5.97 Å². The molecule has 120 valence electrons. The lowest BCUT2D eigenvalue weighted by Gasteiger charge is -2.14. The third kappa shape index (κ3) is 3.88. The van der Waals surface area contributed by atoms with Crippen LogP contribution in [0.3, 0.4) is 0 Å². The van der Waals surface area contributed by atoms with Crippen LogP contribution in [0.2, 0.25) is 0 Å². The molecule has 0 fully saturated rings. The highest BCUT2D eigenvalue weighted by molar-refractivity contribution is 5.98. The molecule has 0 saturated heterocycles. The Kier molecular flexibility index (Phi) is 5.01. The minimum absolute atomic E-state index is 0.142. The molecule has 2 rings (SSSR count). The smallest absolute Gasteiger partial charge is 0.336 e. The van der Waals surface area contributed by atoms with Gasteiger partial charge in [0.1, 0.15) is 0 Å². The maximum atomic E-state index is 11.7. The zero-order chi connectivity index (χ0) is 17.0. The first-order valence-electron chi connectivity index (χ1n) is 7.32. The summed E-state index contributed by atoms with van der Waals surface area (Å²) in [4.78, 5) is 23.3. The SMILES string of the molecule is CNC(=O)c1cc(C)c(CNc2ccc(C)cc2)c(C(=O)O)c1. The van der Waals surface area contributed by atoms with Gasteiger partial charge in [-0.25, -0.2) is 4.79 Å². The molecule has 0 saturated carbocycles. The predicted molar refractivity (Wildman–Crippen MR) is 90.0 cm³/mol. The summed E-state index contributed by atoms with van der Waals surface area (Å²) in [6.07, 6.45) is 0. The molecule has 5 nitrogen and oxygen atoms in total. The van der Waals surface area contributed by atoms with Crippen LogP contribution in [0.15, 0.2) is 36.4 Å². The van der Waals surface area contributed by atoms with Crippen molar-refractivity contribution >= 4 is 17.6 Å². The van der Waals surface area contributed by atoms with Gasteiger partial charge < -0.3 is 15.7 Å². The largest absolute Gasteiger partial charge is 0.478 e. The van der Waals surface area contributed by atoms with Gasteiger partial charge in [0.25, 0.3) is 5.91 Å². The first-order valence-corrected chi connectivity index (χ1v) is 7.32. The van der Waals surface area contributed by atoms with Crippen molar-refractivity contribution < 1.29 is 14.7 Å². The first kappa shape index (κ1) is 16.5. The molecule has 0 spiro atoms. The summed E-state index contributed by atoms with van der Waals surface area (Å²) in [7, 11) is 1.52. The number of anilines is 1. The van der Waals surface area contributed by atoms with Gasteiger partial charge in [0.2, 0.25) is 0 Å². The molecule has 0 atom stereocenters. The number of aromatic carboxylic acids is 1. The molecule has 0 aliphatic heterocycles. The molecule has 2 aromatic rings. The van der Waals surface area contributed by atoms with E-state index in [1.54, 1.807) is 6.07 Å². The zero-order valence-corrected chi connectivity index (χ0v) is 13.4. The monoisotopic (exact) mass is 312 g/mol. The van der Waals surface area contributed by atoms with E-state index in [1.807, 2.05) is 38.1 Å². The van der Waals surface area contributed by atoms with E-state index in [4.69, 9.17) is 0 Å². The van der Waals surface area contributed by atoms with Crippen LogP contribution in [0.4, 0.5) is 5.69 Å². The Hall–Kier alpha value is -2.82. The van der Waals surface area contributed by atoms with Gasteiger partial charge in [0, 0.05) is 24.8 Å². The minimum Gasteiger partial charge on any atom is -0.478 e. The molecule has 0 aromatic heterocycles. The predicted octanol–water partition coefficient (Wildman–Crippen LogP) is 2.97. The maximum Gasteiger partial charge on any atom is 0.336 e. The van der Waals surface area contributed by atoms with E-state index in [0.29, 0.717) is 17.7 Å². The molecule has 5 heteroatoms. The second-order valence-corrected chi connectivity index (χ2v) is 5.42. The number of hydrogen-bond acceptors (Lipinski definition) is 3. The van der Waals surface area contributed by atoms with Crippen LogP contribution in [0.5, 0.6) is 0 Å². The average molecular weight is 312 g/mol. The lowest BCUT2D eigenvalue weighted by Crippen LogP contribution is -2.20. The summed E-state index contributed by atoms with van der Waals surface area (Å²) in [5, 5.41) is 15.2. The number of carboxylic acid groups (broad SMARTS) is 1. The normalized spacial score (nSPS) is 10.2. The number of carbonyl (C=O) groups excluding carboxylic acids is 1. The molecule has 0 aliphatic carbocycles. The second-order valence-electron chi connectivity index (χ2n) is 5.42. The van der Waals surface area contributed by atoms with Crippen molar-refractivity contribution in [2.75, 3.05) is 12.4 Å². The van der Waals surface area contributed by atoms with Crippen molar-refractivity contribution in [3.63, 3.8) is 0 Å². The Bertz CT molecular complexity index is 737. The number of aryl methyl sites for hydroxylation is 2. The molecule has 3 N–H and O–H groups in total. The fourth-order valence-electron chi connectivity index (χ4n) is 2.38. The Morgan fingerprint density at radius 1 is 1.09 bits per heavy atom. The highest BCUT2D eigenvalue weighted by Crippen LogP contribution is 2.20. The number of benzene rings is 2. The van der Waals surface area contributed by atoms with Crippen molar-refractivity contribution in [2.45, 2.75) is 20.4 Å². The van der Waals surface area contributed by atoms with E-state index >= 15 is 0 Å². The molecule has 0 bridgehead atoms. The second kappa shape index (κ2) is 6.96. The summed E-state index contributed by atoms with van der Waals surface area (Å²) in [5.41, 5.74) is 4.01. The zero-order valence-electron chi connectivity index (χ0n) is 13.4. The van der Waals surface area contributed by atoms with Gasteiger partial charge >= 0.3 is 5.97 Å². The Morgan fingerprint density at radius 3 is 2.30 bits per heavy atom. The maximum absolute atomic E-state index is 11.7. The van der Waals surface area contributed by atoms with Crippen LogP contribution in [-0.2, 0) is 6.54 Å². The molecule has 0 radical (unpaired) electrons. The number of carbonyl (C=O) groups is 2. The number of carboxylic acids is 1. The molecule has 0 heterocycles. The van der Waals surface area contributed by atoms with E-state index in [1.165, 1.54) is 13.1 Å². The first-order chi connectivity index (χ1) is 10.9. The van der Waals surface area contributed by atoms with Crippen LogP contribution < -0.4 is 10.6 Å². The lowest BCUT2D eigenvalue weighted by molar-refractivity contribution is 0.0695. The van der Waals surface area contributed by atoms with E-state index in [0.717, 1.165) is 16.8 Å². The third-order valence-corrected chi connectivity index (χ3v) is 3.71. The van der Waals surface area contributed by atoms with Crippen molar-refractivity contribution in [1.29, 1.82) is 0 Å². The van der Waals surface area contributed by atoms with Gasteiger partial charge in [-0.05, 0) is 49.2 Å². The van der Waals surface area contributed by atoms with E-state index in [-0.39, 0.29) is 11.5 Å². The minimum atomic E-state index is -1.04. The highest BCUT2D eigenvalue weighted by atomic mass is 16.4. The van der Waals surface area contributed by atoms with E-state index in [9.17, 15) is 14.7 Å². The third-order valence-electron chi connectivity index (χ3n) is 3.71. The number of nitrogens with one attached hydrogen (secondary N) is 2. The van der Waals surface area contributed by atoms with Gasteiger partial charge in [-0.2, -0.15) is 0 Å². The van der Waals surface area contributed by atoms with E-state index in [2.05, 4.69) is 10.6 Å². The highest BCUT2D eigenvalue weighted by Gasteiger charge is 2.16. The van der Waals surface area contributed by atoms with Gasteiger partial charge in [0.05, 0.1) is 5.56 Å². The molecule has 2 aromatic carbocycles. The summed E-state index contributed by atoms with van der Waals surface area (Å²) in [5.74, 6) is -1.34. The fraction of sp³-hybridized carbons (Fsp3) is 0.222. The van der Waals surface area contributed by atoms with Crippen molar-refractivity contribution in [3.05, 3.63) is 64.2 Å². The topological polar surface area (TPSA) is 78.4 Å². The summed E-state index contributed by atoms with van der Waals surface area (Å²) < 4.78 is 0. The van der Waals surface area contributed by atoms with Crippen LogP contribution >= 0.6 is 0 Å². The standard InChI is InChI=1S/C18H20N2O3/c1-11-4-6-14(7-5-11)20-10-16-12(2)8-13(17(21)19-3)9-15(16)18(22)23/h4-9,20H,10H2,1-3H3,(H,19,21)(H,22,23). The molecule has 23 heavy (non-hydrogen) atoms. The van der Waals surface area contributed by atoms with Crippen molar-refractivity contribution in [3.8, 4) is 0 Å². The number of hydrogen-bond donors (Lipinski definition) is 3. The summed E-state index contributed by atoms with van der Waals surface area (Å²) in [6.45, 7) is 4.20. The van der Waals surface area contributed by atoms with Crippen molar-refractivity contribution in [2.24, 2.45) is 0 Å². The quantitative estimate of drug-likeness (QED) is 0.793. The summed E-state index contributed by atoms with van der Waals surface area (Å²) >= 11 is 0. The van der Waals surface area contributed by atoms with Gasteiger partial charge in [-0.15, -0.1) is 0 Å². The van der Waals surface area contributed by atoms with Crippen molar-refractivity contribution in [1.82, 2.24) is 5.32 Å². The Labute approximate surface area is 135 Å².